The normalized spacial score (nSPS) is 12.4. The summed E-state index contributed by atoms with van der Waals surface area (Å²) in [5, 5.41) is 0. The average molecular weight is 346 g/mol. The van der Waals surface area contributed by atoms with Crippen LogP contribution in [0.2, 0.25) is 0 Å². The summed E-state index contributed by atoms with van der Waals surface area (Å²) in [6.45, 7) is 6.55. The van der Waals surface area contributed by atoms with Crippen LogP contribution < -0.4 is 0 Å². The molecule has 0 saturated heterocycles. The summed E-state index contributed by atoms with van der Waals surface area (Å²) >= 11 is 0. The van der Waals surface area contributed by atoms with Gasteiger partial charge < -0.3 is 9.79 Å². The molecule has 0 heterocycles. The van der Waals surface area contributed by atoms with E-state index in [-0.39, 0.29) is 11.6 Å². The molecule has 2 aromatic rings. The van der Waals surface area contributed by atoms with Gasteiger partial charge in [0, 0.05) is 5.41 Å². The van der Waals surface area contributed by atoms with Gasteiger partial charge in [-0.25, -0.2) is 0 Å². The van der Waals surface area contributed by atoms with Crippen molar-refractivity contribution in [3.63, 3.8) is 0 Å². The maximum Gasteiger partial charge on any atom is 0.329 e. The Morgan fingerprint density at radius 3 is 1.75 bits per heavy atom. The highest BCUT2D eigenvalue weighted by molar-refractivity contribution is 7.50. The first-order valence-corrected chi connectivity index (χ1v) is 10.3. The topological polar surface area (TPSA) is 57.5 Å². The fraction of sp³-hybridized carbons (Fsp3) is 0.400. The smallest absolute Gasteiger partial charge is 0.324 e. The van der Waals surface area contributed by atoms with Crippen molar-refractivity contribution in [3.8, 4) is 0 Å². The number of unbranched alkanes of at least 4 members (excludes halogenated alkanes) is 1. The summed E-state index contributed by atoms with van der Waals surface area (Å²) in [7, 11) is -4.02. The fourth-order valence-corrected chi connectivity index (χ4v) is 3.59. The van der Waals surface area contributed by atoms with Crippen LogP contribution in [0.15, 0.2) is 48.5 Å². The lowest BCUT2D eigenvalue weighted by Crippen LogP contribution is -2.18. The second-order valence-corrected chi connectivity index (χ2v) is 8.59. The zero-order valence-corrected chi connectivity index (χ0v) is 15.6. The summed E-state index contributed by atoms with van der Waals surface area (Å²) in [4.78, 5) is 18.2. The molecule has 3 nitrogen and oxygen atoms in total. The van der Waals surface area contributed by atoms with Gasteiger partial charge in [0.15, 0.2) is 0 Å². The Kier molecular flexibility index (Phi) is 6.03. The van der Waals surface area contributed by atoms with Crippen LogP contribution in [0, 0.1) is 0 Å². The van der Waals surface area contributed by atoms with Crippen molar-refractivity contribution in [3.05, 3.63) is 70.8 Å². The molecule has 2 aromatic carbocycles. The quantitative estimate of drug-likeness (QED) is 0.691. The minimum Gasteiger partial charge on any atom is -0.324 e. The Morgan fingerprint density at radius 1 is 0.875 bits per heavy atom. The van der Waals surface area contributed by atoms with E-state index in [2.05, 4.69) is 45.0 Å². The molecule has 130 valence electrons. The largest absolute Gasteiger partial charge is 0.329 e. The Bertz CT molecular complexity index is 697. The van der Waals surface area contributed by atoms with Gasteiger partial charge in [-0.3, -0.25) is 4.57 Å². The molecule has 0 fully saturated rings. The Hall–Kier alpha value is -1.41. The van der Waals surface area contributed by atoms with E-state index >= 15 is 0 Å². The molecule has 0 aliphatic heterocycles. The predicted molar refractivity (Wildman–Crippen MR) is 99.4 cm³/mol. The Balaban J connectivity index is 2.18. The van der Waals surface area contributed by atoms with Crippen LogP contribution in [-0.2, 0) is 22.6 Å². The molecule has 24 heavy (non-hydrogen) atoms. The van der Waals surface area contributed by atoms with E-state index in [1.54, 1.807) is 0 Å². The van der Waals surface area contributed by atoms with E-state index in [9.17, 15) is 4.57 Å². The molecule has 0 saturated carbocycles. The number of hydrogen-bond donors (Lipinski definition) is 2. The van der Waals surface area contributed by atoms with Crippen molar-refractivity contribution >= 4 is 7.60 Å². The van der Waals surface area contributed by atoms with Crippen molar-refractivity contribution in [2.75, 3.05) is 0 Å². The zero-order valence-electron chi connectivity index (χ0n) is 14.7. The highest BCUT2D eigenvalue weighted by Gasteiger charge is 2.23. The molecule has 4 heteroatoms. The third kappa shape index (κ3) is 5.04. The minimum atomic E-state index is -4.02. The Morgan fingerprint density at radius 2 is 1.33 bits per heavy atom. The van der Waals surface area contributed by atoms with Gasteiger partial charge in [-0.2, -0.15) is 0 Å². The standard InChI is InChI=1S/C20H27O3P/c1-4-5-6-16-7-11-18(12-8-16)20(2,3)19-13-9-17(10-14-19)15-24(21,22)23/h7-14H,4-6,15H2,1-3H3,(H2,21,22,23). The van der Waals surface area contributed by atoms with E-state index in [0.717, 1.165) is 12.0 Å². The zero-order chi connectivity index (χ0) is 17.8. The fourth-order valence-electron chi connectivity index (χ4n) is 2.90. The first-order chi connectivity index (χ1) is 11.2. The average Bonchev–Trinajstić information content (AvgIpc) is 2.52. The van der Waals surface area contributed by atoms with E-state index in [1.807, 2.05) is 24.3 Å². The minimum absolute atomic E-state index is 0.149. The van der Waals surface area contributed by atoms with Gasteiger partial charge >= 0.3 is 7.60 Å². The van der Waals surface area contributed by atoms with Crippen LogP contribution in [0.4, 0.5) is 0 Å². The summed E-state index contributed by atoms with van der Waals surface area (Å²) in [6.07, 6.45) is 3.33. The van der Waals surface area contributed by atoms with E-state index in [0.29, 0.717) is 5.56 Å². The highest BCUT2D eigenvalue weighted by Crippen LogP contribution is 2.39. The maximum absolute atomic E-state index is 11.1. The third-order valence-electron chi connectivity index (χ3n) is 4.56. The molecular formula is C20H27O3P. The van der Waals surface area contributed by atoms with Gasteiger partial charge in [0.2, 0.25) is 0 Å². The maximum atomic E-state index is 11.1. The van der Waals surface area contributed by atoms with Crippen molar-refractivity contribution < 1.29 is 14.4 Å². The molecular weight excluding hydrogens is 319 g/mol. The van der Waals surface area contributed by atoms with Crippen molar-refractivity contribution in [2.45, 2.75) is 51.6 Å². The van der Waals surface area contributed by atoms with Gasteiger partial charge in [-0.05, 0) is 35.1 Å². The first kappa shape index (κ1) is 18.9. The lowest BCUT2D eigenvalue weighted by molar-refractivity contribution is 0.371. The van der Waals surface area contributed by atoms with Crippen LogP contribution in [-0.4, -0.2) is 9.79 Å². The molecule has 0 unspecified atom stereocenters. The molecule has 0 atom stereocenters. The predicted octanol–water partition coefficient (Wildman–Crippen LogP) is 5.03. The molecule has 0 aliphatic rings. The number of rotatable bonds is 7. The Labute approximate surface area is 144 Å². The van der Waals surface area contributed by atoms with Gasteiger partial charge in [-0.15, -0.1) is 0 Å². The lowest BCUT2D eigenvalue weighted by atomic mass is 9.77. The highest BCUT2D eigenvalue weighted by atomic mass is 31.2. The number of aryl methyl sites for hydroxylation is 1. The summed E-state index contributed by atoms with van der Waals surface area (Å²) in [5.74, 6) is 0. The van der Waals surface area contributed by atoms with Crippen LogP contribution in [0.5, 0.6) is 0 Å². The summed E-state index contributed by atoms with van der Waals surface area (Å²) in [5.41, 5.74) is 4.26. The van der Waals surface area contributed by atoms with Gasteiger partial charge in [0.05, 0.1) is 6.16 Å². The van der Waals surface area contributed by atoms with Gasteiger partial charge in [0.25, 0.3) is 0 Å². The second-order valence-electron chi connectivity index (χ2n) is 6.95. The monoisotopic (exact) mass is 346 g/mol. The van der Waals surface area contributed by atoms with Crippen LogP contribution in [0.3, 0.4) is 0 Å². The van der Waals surface area contributed by atoms with E-state index in [4.69, 9.17) is 9.79 Å². The molecule has 0 bridgehead atoms. The molecule has 0 aliphatic carbocycles. The van der Waals surface area contributed by atoms with Crippen LogP contribution in [0.1, 0.15) is 55.9 Å². The van der Waals surface area contributed by atoms with Gasteiger partial charge in [-0.1, -0.05) is 75.7 Å². The van der Waals surface area contributed by atoms with Gasteiger partial charge in [0.1, 0.15) is 0 Å². The molecule has 2 rings (SSSR count). The first-order valence-electron chi connectivity index (χ1n) is 8.46. The number of benzene rings is 2. The third-order valence-corrected chi connectivity index (χ3v) is 5.34. The van der Waals surface area contributed by atoms with Crippen molar-refractivity contribution in [2.24, 2.45) is 0 Å². The molecule has 0 spiro atoms. The van der Waals surface area contributed by atoms with E-state index in [1.165, 1.54) is 24.0 Å². The van der Waals surface area contributed by atoms with Crippen molar-refractivity contribution in [1.29, 1.82) is 0 Å². The van der Waals surface area contributed by atoms with E-state index < -0.39 is 7.60 Å². The molecule has 0 aromatic heterocycles. The van der Waals surface area contributed by atoms with Crippen molar-refractivity contribution in [1.82, 2.24) is 0 Å². The molecule has 2 N–H and O–H groups in total. The number of hydrogen-bond acceptors (Lipinski definition) is 1. The summed E-state index contributed by atoms with van der Waals surface area (Å²) in [6, 6.07) is 16.3. The van der Waals surface area contributed by atoms with Crippen LogP contribution in [0.25, 0.3) is 0 Å². The SMILES string of the molecule is CCCCc1ccc(C(C)(C)c2ccc(CP(=O)(O)O)cc2)cc1. The summed E-state index contributed by atoms with van der Waals surface area (Å²) < 4.78 is 11.1. The lowest BCUT2D eigenvalue weighted by Gasteiger charge is -2.26. The molecule has 0 amide bonds. The molecule has 0 radical (unpaired) electrons. The van der Waals surface area contributed by atoms with Crippen LogP contribution >= 0.6 is 7.60 Å². The second kappa shape index (κ2) is 7.65.